The summed E-state index contributed by atoms with van der Waals surface area (Å²) in [7, 11) is 0. The molecule has 0 aliphatic heterocycles. The van der Waals surface area contributed by atoms with Crippen molar-refractivity contribution >= 4 is 11.6 Å². The average Bonchev–Trinajstić information content (AvgIpc) is 1.86. The molecule has 2 heteroatoms. The predicted molar refractivity (Wildman–Crippen MR) is 47.6 cm³/mol. The molecule has 11 heavy (non-hydrogen) atoms. The van der Waals surface area contributed by atoms with Crippen molar-refractivity contribution in [3.8, 4) is 0 Å². The molecule has 0 radical (unpaired) electrons. The van der Waals surface area contributed by atoms with Crippen molar-refractivity contribution in [3.63, 3.8) is 0 Å². The third-order valence-electron chi connectivity index (χ3n) is 2.74. The van der Waals surface area contributed by atoms with Gasteiger partial charge in [0.2, 0.25) is 0 Å². The molecule has 1 aliphatic rings. The Labute approximate surface area is 73.8 Å². The maximum atomic E-state index is 9.44. The molecule has 66 valence electrons. The first kappa shape index (κ1) is 9.34. The quantitative estimate of drug-likeness (QED) is 0.610. The van der Waals surface area contributed by atoms with Crippen LogP contribution in [-0.2, 0) is 0 Å². The molecular formula is C9H17ClO. The van der Waals surface area contributed by atoms with Crippen LogP contribution in [0.15, 0.2) is 0 Å². The van der Waals surface area contributed by atoms with Gasteiger partial charge in [-0.15, -0.1) is 0 Å². The highest BCUT2D eigenvalue weighted by molar-refractivity contribution is 6.22. The Bertz CT molecular complexity index is 122. The lowest BCUT2D eigenvalue weighted by Crippen LogP contribution is -2.29. The van der Waals surface area contributed by atoms with Gasteiger partial charge in [-0.1, -0.05) is 25.4 Å². The van der Waals surface area contributed by atoms with E-state index in [0.29, 0.717) is 0 Å². The van der Waals surface area contributed by atoms with Crippen LogP contribution < -0.4 is 0 Å². The largest absolute Gasteiger partial charge is 0.375 e. The Hall–Kier alpha value is 0.250. The van der Waals surface area contributed by atoms with Gasteiger partial charge in [-0.25, -0.2) is 0 Å². The molecule has 0 amide bonds. The lowest BCUT2D eigenvalue weighted by Gasteiger charge is -2.33. The van der Waals surface area contributed by atoms with Crippen LogP contribution in [0.25, 0.3) is 0 Å². The third-order valence-corrected chi connectivity index (χ3v) is 3.12. The van der Waals surface area contributed by atoms with Crippen molar-refractivity contribution in [2.75, 3.05) is 0 Å². The van der Waals surface area contributed by atoms with Gasteiger partial charge in [-0.05, 0) is 37.5 Å². The summed E-state index contributed by atoms with van der Waals surface area (Å²) in [6.45, 7) is 4.48. The van der Waals surface area contributed by atoms with E-state index in [-0.39, 0.29) is 0 Å². The summed E-state index contributed by atoms with van der Waals surface area (Å²) >= 11 is 5.80. The molecule has 0 spiro atoms. The van der Waals surface area contributed by atoms with Crippen molar-refractivity contribution in [2.24, 2.45) is 11.8 Å². The van der Waals surface area contributed by atoms with E-state index < -0.39 is 5.06 Å². The van der Waals surface area contributed by atoms with Gasteiger partial charge in [0, 0.05) is 0 Å². The number of rotatable bonds is 1. The molecule has 0 aromatic heterocycles. The molecule has 0 heterocycles. The highest BCUT2D eigenvalue weighted by Gasteiger charge is 2.31. The smallest absolute Gasteiger partial charge is 0.138 e. The van der Waals surface area contributed by atoms with Gasteiger partial charge in [-0.2, -0.15) is 0 Å². The Morgan fingerprint density at radius 3 is 2.18 bits per heavy atom. The van der Waals surface area contributed by atoms with Gasteiger partial charge in [0.1, 0.15) is 5.06 Å². The van der Waals surface area contributed by atoms with E-state index in [0.717, 1.165) is 37.5 Å². The number of hydrogen-bond donors (Lipinski definition) is 1. The first-order chi connectivity index (χ1) is 5.01. The fourth-order valence-corrected chi connectivity index (χ4v) is 1.97. The van der Waals surface area contributed by atoms with E-state index in [4.69, 9.17) is 11.6 Å². The summed E-state index contributed by atoms with van der Waals surface area (Å²) < 4.78 is 0. The van der Waals surface area contributed by atoms with Crippen molar-refractivity contribution in [1.82, 2.24) is 0 Å². The SMILES string of the molecule is CC(C)C1CCC(O)(Cl)CC1. The zero-order valence-electron chi connectivity index (χ0n) is 7.31. The summed E-state index contributed by atoms with van der Waals surface area (Å²) in [4.78, 5) is 0. The monoisotopic (exact) mass is 176 g/mol. The second kappa shape index (κ2) is 3.32. The molecule has 0 aromatic rings. The number of aliphatic hydroxyl groups is 1. The van der Waals surface area contributed by atoms with Crippen LogP contribution in [-0.4, -0.2) is 10.2 Å². The average molecular weight is 177 g/mol. The second-order valence-corrected chi connectivity index (χ2v) is 4.70. The van der Waals surface area contributed by atoms with E-state index in [2.05, 4.69) is 13.8 Å². The molecule has 1 nitrogen and oxygen atoms in total. The van der Waals surface area contributed by atoms with Crippen LogP contribution in [0.3, 0.4) is 0 Å². The Morgan fingerprint density at radius 2 is 1.82 bits per heavy atom. The Morgan fingerprint density at radius 1 is 1.36 bits per heavy atom. The normalized spacial score (nSPS) is 39.5. The fourth-order valence-electron chi connectivity index (χ4n) is 1.75. The van der Waals surface area contributed by atoms with Gasteiger partial charge in [0.05, 0.1) is 0 Å². The van der Waals surface area contributed by atoms with Crippen LogP contribution in [0.5, 0.6) is 0 Å². The number of alkyl halides is 1. The van der Waals surface area contributed by atoms with Gasteiger partial charge >= 0.3 is 0 Å². The standard InChI is InChI=1S/C9H17ClO/c1-7(2)8-3-5-9(10,11)6-4-8/h7-8,11H,3-6H2,1-2H3. The number of hydrogen-bond acceptors (Lipinski definition) is 1. The topological polar surface area (TPSA) is 20.2 Å². The molecule has 1 fully saturated rings. The Kier molecular flexibility index (Phi) is 2.82. The minimum atomic E-state index is -0.884. The van der Waals surface area contributed by atoms with Crippen molar-refractivity contribution in [3.05, 3.63) is 0 Å². The van der Waals surface area contributed by atoms with Crippen LogP contribution in [0, 0.1) is 11.8 Å². The first-order valence-electron chi connectivity index (χ1n) is 4.42. The molecule has 0 aromatic carbocycles. The molecule has 1 rings (SSSR count). The maximum absolute atomic E-state index is 9.44. The summed E-state index contributed by atoms with van der Waals surface area (Å²) in [5.74, 6) is 1.51. The van der Waals surface area contributed by atoms with Crippen molar-refractivity contribution in [2.45, 2.75) is 44.6 Å². The zero-order chi connectivity index (χ0) is 8.48. The maximum Gasteiger partial charge on any atom is 0.138 e. The summed E-state index contributed by atoms with van der Waals surface area (Å²) in [5.41, 5.74) is 0. The van der Waals surface area contributed by atoms with Crippen LogP contribution in [0.2, 0.25) is 0 Å². The minimum absolute atomic E-state index is 0.739. The molecular weight excluding hydrogens is 160 g/mol. The van der Waals surface area contributed by atoms with E-state index in [1.54, 1.807) is 0 Å². The second-order valence-electron chi connectivity index (χ2n) is 4.00. The lowest BCUT2D eigenvalue weighted by molar-refractivity contribution is 0.0585. The van der Waals surface area contributed by atoms with Crippen LogP contribution in [0.1, 0.15) is 39.5 Å². The Balaban J connectivity index is 2.36. The van der Waals surface area contributed by atoms with Crippen LogP contribution >= 0.6 is 11.6 Å². The summed E-state index contributed by atoms with van der Waals surface area (Å²) in [6.07, 6.45) is 3.68. The van der Waals surface area contributed by atoms with E-state index >= 15 is 0 Å². The van der Waals surface area contributed by atoms with Gasteiger partial charge in [0.15, 0.2) is 0 Å². The van der Waals surface area contributed by atoms with E-state index in [1.807, 2.05) is 0 Å². The first-order valence-corrected chi connectivity index (χ1v) is 4.80. The summed E-state index contributed by atoms with van der Waals surface area (Å²) in [5, 5.41) is 8.56. The van der Waals surface area contributed by atoms with Gasteiger partial charge in [0.25, 0.3) is 0 Å². The number of halogens is 1. The molecule has 1 N–H and O–H groups in total. The highest BCUT2D eigenvalue weighted by Crippen LogP contribution is 2.37. The third kappa shape index (κ3) is 2.64. The van der Waals surface area contributed by atoms with Crippen molar-refractivity contribution in [1.29, 1.82) is 0 Å². The molecule has 0 saturated heterocycles. The highest BCUT2D eigenvalue weighted by atomic mass is 35.5. The zero-order valence-corrected chi connectivity index (χ0v) is 8.06. The molecule has 1 aliphatic carbocycles. The van der Waals surface area contributed by atoms with E-state index in [9.17, 15) is 5.11 Å². The van der Waals surface area contributed by atoms with Gasteiger partial charge < -0.3 is 5.11 Å². The molecule has 0 atom stereocenters. The molecule has 0 bridgehead atoms. The molecule has 1 saturated carbocycles. The van der Waals surface area contributed by atoms with Gasteiger partial charge in [-0.3, -0.25) is 0 Å². The van der Waals surface area contributed by atoms with E-state index in [1.165, 1.54) is 0 Å². The predicted octanol–water partition coefficient (Wildman–Crippen LogP) is 2.76. The summed E-state index contributed by atoms with van der Waals surface area (Å²) in [6, 6.07) is 0. The van der Waals surface area contributed by atoms with Crippen LogP contribution in [0.4, 0.5) is 0 Å². The fraction of sp³-hybridized carbons (Fsp3) is 1.00. The lowest BCUT2D eigenvalue weighted by atomic mass is 9.80. The van der Waals surface area contributed by atoms with Crippen molar-refractivity contribution < 1.29 is 5.11 Å². The molecule has 0 unspecified atom stereocenters. The minimum Gasteiger partial charge on any atom is -0.375 e.